The Morgan fingerprint density at radius 2 is 1.71 bits per heavy atom. The SMILES string of the molecule is O=C(Nc1ccc(Nc2ccc(C(F)(F)F)cc2)nc1)NC1CC1. The number of benzene rings is 1. The van der Waals surface area contributed by atoms with E-state index in [0.29, 0.717) is 17.2 Å². The smallest absolute Gasteiger partial charge is 0.340 e. The zero-order valence-electron chi connectivity index (χ0n) is 12.5. The summed E-state index contributed by atoms with van der Waals surface area (Å²) in [6, 6.07) is 7.94. The molecule has 8 heteroatoms. The minimum absolute atomic E-state index is 0.263. The van der Waals surface area contributed by atoms with Gasteiger partial charge < -0.3 is 16.0 Å². The van der Waals surface area contributed by atoms with Gasteiger partial charge in [-0.2, -0.15) is 13.2 Å². The summed E-state index contributed by atoms with van der Waals surface area (Å²) < 4.78 is 37.5. The lowest BCUT2D eigenvalue weighted by atomic mass is 10.2. The lowest BCUT2D eigenvalue weighted by Crippen LogP contribution is -2.30. The van der Waals surface area contributed by atoms with Gasteiger partial charge in [0.25, 0.3) is 0 Å². The summed E-state index contributed by atoms with van der Waals surface area (Å²) in [6.07, 6.45) is -0.882. The number of nitrogens with one attached hydrogen (secondary N) is 3. The fraction of sp³-hybridized carbons (Fsp3) is 0.250. The molecule has 0 radical (unpaired) electrons. The highest BCUT2D eigenvalue weighted by Gasteiger charge is 2.29. The maximum absolute atomic E-state index is 12.5. The highest BCUT2D eigenvalue weighted by Crippen LogP contribution is 2.30. The molecule has 1 aromatic carbocycles. The quantitative estimate of drug-likeness (QED) is 0.786. The average molecular weight is 336 g/mol. The van der Waals surface area contributed by atoms with E-state index in [4.69, 9.17) is 0 Å². The standard InChI is InChI=1S/C16H15F3N4O/c17-16(18,19)10-1-3-11(4-2-10)21-14-8-7-13(9-20-14)23-15(24)22-12-5-6-12/h1-4,7-9,12H,5-6H2,(H,20,21)(H2,22,23,24). The van der Waals surface area contributed by atoms with Crippen LogP contribution < -0.4 is 16.0 Å². The molecular formula is C16H15F3N4O. The topological polar surface area (TPSA) is 66.0 Å². The van der Waals surface area contributed by atoms with Crippen LogP contribution in [0.3, 0.4) is 0 Å². The Hall–Kier alpha value is -2.77. The number of rotatable bonds is 4. The normalized spacial score (nSPS) is 14.1. The summed E-state index contributed by atoms with van der Waals surface area (Å²) in [5.74, 6) is 0.461. The van der Waals surface area contributed by atoms with Crippen LogP contribution in [0.5, 0.6) is 0 Å². The number of hydrogen-bond donors (Lipinski definition) is 3. The molecule has 24 heavy (non-hydrogen) atoms. The Morgan fingerprint density at radius 1 is 1.04 bits per heavy atom. The van der Waals surface area contributed by atoms with E-state index in [1.807, 2.05) is 0 Å². The van der Waals surface area contributed by atoms with E-state index in [2.05, 4.69) is 20.9 Å². The van der Waals surface area contributed by atoms with Crippen molar-refractivity contribution < 1.29 is 18.0 Å². The van der Waals surface area contributed by atoms with Gasteiger partial charge in [0.2, 0.25) is 0 Å². The molecule has 1 aromatic heterocycles. The van der Waals surface area contributed by atoms with Gasteiger partial charge >= 0.3 is 12.2 Å². The molecule has 0 aliphatic heterocycles. The molecule has 1 saturated carbocycles. The van der Waals surface area contributed by atoms with Gasteiger partial charge in [0, 0.05) is 11.7 Å². The Kier molecular flexibility index (Phi) is 4.28. The summed E-state index contributed by atoms with van der Waals surface area (Å²) >= 11 is 0. The highest BCUT2D eigenvalue weighted by molar-refractivity contribution is 5.89. The number of aromatic nitrogens is 1. The first-order valence-corrected chi connectivity index (χ1v) is 7.38. The summed E-state index contributed by atoms with van der Waals surface area (Å²) in [6.45, 7) is 0. The maximum Gasteiger partial charge on any atom is 0.416 e. The van der Waals surface area contributed by atoms with E-state index in [1.165, 1.54) is 18.3 Å². The number of alkyl halides is 3. The lowest BCUT2D eigenvalue weighted by molar-refractivity contribution is -0.137. The number of halogens is 3. The first-order valence-electron chi connectivity index (χ1n) is 7.38. The zero-order chi connectivity index (χ0) is 17.2. The van der Waals surface area contributed by atoms with Gasteiger partial charge in [-0.05, 0) is 49.2 Å². The van der Waals surface area contributed by atoms with Crippen LogP contribution >= 0.6 is 0 Å². The molecule has 0 atom stereocenters. The molecule has 126 valence electrons. The predicted octanol–water partition coefficient (Wildman–Crippen LogP) is 4.13. The van der Waals surface area contributed by atoms with Gasteiger partial charge in [-0.25, -0.2) is 9.78 Å². The van der Waals surface area contributed by atoms with Crippen LogP contribution in [0, 0.1) is 0 Å². The Labute approximate surface area is 136 Å². The van der Waals surface area contributed by atoms with E-state index in [0.717, 1.165) is 25.0 Å². The maximum atomic E-state index is 12.5. The summed E-state index contributed by atoms with van der Waals surface area (Å²) in [5, 5.41) is 8.35. The van der Waals surface area contributed by atoms with Crippen LogP contribution in [-0.4, -0.2) is 17.1 Å². The number of carbonyl (C=O) groups is 1. The molecule has 1 fully saturated rings. The number of urea groups is 1. The molecule has 2 amide bonds. The summed E-state index contributed by atoms with van der Waals surface area (Å²) in [7, 11) is 0. The van der Waals surface area contributed by atoms with Gasteiger partial charge in [0.05, 0.1) is 17.4 Å². The van der Waals surface area contributed by atoms with Crippen molar-refractivity contribution in [2.24, 2.45) is 0 Å². The van der Waals surface area contributed by atoms with Gasteiger partial charge in [-0.3, -0.25) is 0 Å². The molecule has 0 unspecified atom stereocenters. The first-order chi connectivity index (χ1) is 11.4. The molecule has 3 N–H and O–H groups in total. The van der Waals surface area contributed by atoms with Gasteiger partial charge in [0.15, 0.2) is 0 Å². The second-order valence-corrected chi connectivity index (χ2v) is 5.50. The Morgan fingerprint density at radius 3 is 2.25 bits per heavy atom. The molecule has 0 saturated heterocycles. The first kappa shape index (κ1) is 16.1. The number of pyridine rings is 1. The Balaban J connectivity index is 1.58. The molecular weight excluding hydrogens is 321 g/mol. The average Bonchev–Trinajstić information content (AvgIpc) is 3.33. The molecule has 0 bridgehead atoms. The van der Waals surface area contributed by atoms with Gasteiger partial charge in [0.1, 0.15) is 5.82 Å². The number of nitrogens with zero attached hydrogens (tertiary/aromatic N) is 1. The van der Waals surface area contributed by atoms with Crippen LogP contribution in [0.15, 0.2) is 42.6 Å². The van der Waals surface area contributed by atoms with Gasteiger partial charge in [-0.15, -0.1) is 0 Å². The van der Waals surface area contributed by atoms with Gasteiger partial charge in [-0.1, -0.05) is 0 Å². The monoisotopic (exact) mass is 336 g/mol. The predicted molar refractivity (Wildman–Crippen MR) is 84.1 cm³/mol. The fourth-order valence-corrected chi connectivity index (χ4v) is 2.01. The van der Waals surface area contributed by atoms with Crippen molar-refractivity contribution in [1.82, 2.24) is 10.3 Å². The number of anilines is 3. The summed E-state index contributed by atoms with van der Waals surface area (Å²) in [5.41, 5.74) is 0.316. The molecule has 3 rings (SSSR count). The molecule has 1 heterocycles. The second kappa shape index (κ2) is 6.38. The minimum atomic E-state index is -4.36. The van der Waals surface area contributed by atoms with Crippen molar-refractivity contribution >= 4 is 23.2 Å². The third-order valence-corrected chi connectivity index (χ3v) is 3.42. The van der Waals surface area contributed by atoms with Crippen molar-refractivity contribution in [3.05, 3.63) is 48.2 Å². The van der Waals surface area contributed by atoms with Crippen LogP contribution in [0.2, 0.25) is 0 Å². The highest BCUT2D eigenvalue weighted by atomic mass is 19.4. The Bertz CT molecular complexity index is 710. The third-order valence-electron chi connectivity index (χ3n) is 3.42. The van der Waals surface area contributed by atoms with Crippen molar-refractivity contribution in [2.75, 3.05) is 10.6 Å². The largest absolute Gasteiger partial charge is 0.416 e. The van der Waals surface area contributed by atoms with E-state index in [-0.39, 0.29) is 12.1 Å². The lowest BCUT2D eigenvalue weighted by Gasteiger charge is -2.10. The third kappa shape index (κ3) is 4.37. The van der Waals surface area contributed by atoms with E-state index in [1.54, 1.807) is 12.1 Å². The molecule has 1 aliphatic carbocycles. The van der Waals surface area contributed by atoms with Crippen molar-refractivity contribution in [2.45, 2.75) is 25.1 Å². The zero-order valence-corrected chi connectivity index (χ0v) is 12.5. The number of hydrogen-bond acceptors (Lipinski definition) is 3. The van der Waals surface area contributed by atoms with Crippen LogP contribution in [0.25, 0.3) is 0 Å². The van der Waals surface area contributed by atoms with Crippen LogP contribution in [0.1, 0.15) is 18.4 Å². The minimum Gasteiger partial charge on any atom is -0.340 e. The number of amides is 2. The summed E-state index contributed by atoms with van der Waals surface area (Å²) in [4.78, 5) is 15.7. The van der Waals surface area contributed by atoms with E-state index < -0.39 is 11.7 Å². The fourth-order valence-electron chi connectivity index (χ4n) is 2.01. The van der Waals surface area contributed by atoms with E-state index >= 15 is 0 Å². The molecule has 2 aromatic rings. The van der Waals surface area contributed by atoms with Crippen LogP contribution in [0.4, 0.5) is 35.2 Å². The number of carbonyl (C=O) groups excluding carboxylic acids is 1. The second-order valence-electron chi connectivity index (χ2n) is 5.50. The molecule has 0 spiro atoms. The van der Waals surface area contributed by atoms with Crippen molar-refractivity contribution in [1.29, 1.82) is 0 Å². The van der Waals surface area contributed by atoms with Crippen molar-refractivity contribution in [3.63, 3.8) is 0 Å². The molecule has 5 nitrogen and oxygen atoms in total. The van der Waals surface area contributed by atoms with Crippen molar-refractivity contribution in [3.8, 4) is 0 Å². The van der Waals surface area contributed by atoms with Crippen LogP contribution in [-0.2, 0) is 6.18 Å². The molecule has 1 aliphatic rings. The van der Waals surface area contributed by atoms with E-state index in [9.17, 15) is 18.0 Å².